The Labute approximate surface area is 319 Å². The molecular weight excluding hydrogens is 735 g/mol. The molecular formula is C44H42N6OPd. The van der Waals surface area contributed by atoms with Gasteiger partial charge >= 0.3 is 20.4 Å². The summed E-state index contributed by atoms with van der Waals surface area (Å²) in [7, 11) is 0. The zero-order valence-electron chi connectivity index (χ0n) is 30.1. The van der Waals surface area contributed by atoms with Crippen molar-refractivity contribution in [1.82, 2.24) is 19.3 Å². The smallest absolute Gasteiger partial charge is 0.509 e. The molecule has 0 spiro atoms. The monoisotopic (exact) mass is 776 g/mol. The van der Waals surface area contributed by atoms with Crippen LogP contribution in [0.5, 0.6) is 11.5 Å². The average Bonchev–Trinajstić information content (AvgIpc) is 3.94. The van der Waals surface area contributed by atoms with E-state index in [1.165, 1.54) is 53.5 Å². The average molecular weight is 777 g/mol. The second-order valence-electron chi connectivity index (χ2n) is 14.2. The number of aromatic nitrogens is 4. The van der Waals surface area contributed by atoms with E-state index in [1.54, 1.807) is 0 Å². The van der Waals surface area contributed by atoms with Gasteiger partial charge in [0.25, 0.3) is 0 Å². The number of ether oxygens (including phenoxy) is 1. The summed E-state index contributed by atoms with van der Waals surface area (Å²) in [4.78, 5) is 9.75. The SMILES string of the molecule is Cc1ccnc(-n2c3[c-]c(Oc4[c-]c(-n5nc(N6CCCC6)c(-c6c(C)cc(C)cc6C)c5N5CCCC5)ccc4)ccc3c3ccccc32)c1.[Pd+2]. The van der Waals surface area contributed by atoms with E-state index in [9.17, 15) is 0 Å². The van der Waals surface area contributed by atoms with E-state index in [2.05, 4.69) is 113 Å². The van der Waals surface area contributed by atoms with E-state index < -0.39 is 0 Å². The van der Waals surface area contributed by atoms with Crippen LogP contribution in [0.15, 0.2) is 85.1 Å². The van der Waals surface area contributed by atoms with E-state index in [4.69, 9.17) is 14.8 Å². The van der Waals surface area contributed by atoms with Crippen molar-refractivity contribution in [3.05, 3.63) is 119 Å². The first kappa shape index (κ1) is 34.2. The van der Waals surface area contributed by atoms with E-state index in [-0.39, 0.29) is 20.4 Å². The topological polar surface area (TPSA) is 51.4 Å². The second-order valence-corrected chi connectivity index (χ2v) is 14.2. The molecule has 8 heteroatoms. The van der Waals surface area contributed by atoms with Crippen molar-refractivity contribution in [2.24, 2.45) is 0 Å². The molecule has 0 atom stereocenters. The number of rotatable bonds is 7. The summed E-state index contributed by atoms with van der Waals surface area (Å²) in [5.41, 5.74) is 10.4. The van der Waals surface area contributed by atoms with Crippen LogP contribution in [0.3, 0.4) is 0 Å². The Bertz CT molecular complexity index is 2410. The number of fused-ring (bicyclic) bond motifs is 3. The number of hydrogen-bond acceptors (Lipinski definition) is 5. The minimum atomic E-state index is 0. The van der Waals surface area contributed by atoms with Gasteiger partial charge in [-0.3, -0.25) is 0 Å². The molecule has 4 aromatic carbocycles. The van der Waals surface area contributed by atoms with Crippen LogP contribution in [0, 0.1) is 39.8 Å². The molecule has 0 radical (unpaired) electrons. The van der Waals surface area contributed by atoms with Crippen molar-refractivity contribution in [3.8, 4) is 34.1 Å². The van der Waals surface area contributed by atoms with E-state index in [0.29, 0.717) is 11.5 Å². The minimum absolute atomic E-state index is 0. The summed E-state index contributed by atoms with van der Waals surface area (Å²) in [6.45, 7) is 12.8. The second kappa shape index (κ2) is 13.9. The largest absolute Gasteiger partial charge is 2.00 e. The molecule has 52 heavy (non-hydrogen) atoms. The fourth-order valence-corrected chi connectivity index (χ4v) is 8.29. The first-order valence-corrected chi connectivity index (χ1v) is 18.2. The first-order valence-electron chi connectivity index (χ1n) is 18.2. The molecule has 0 bridgehead atoms. The predicted molar refractivity (Wildman–Crippen MR) is 207 cm³/mol. The van der Waals surface area contributed by atoms with Crippen LogP contribution in [-0.2, 0) is 20.4 Å². The third kappa shape index (κ3) is 5.98. The van der Waals surface area contributed by atoms with Crippen LogP contribution < -0.4 is 14.5 Å². The van der Waals surface area contributed by atoms with E-state index in [0.717, 1.165) is 76.7 Å². The van der Waals surface area contributed by atoms with Gasteiger partial charge < -0.3 is 19.1 Å². The van der Waals surface area contributed by atoms with Gasteiger partial charge in [-0.05, 0) is 105 Å². The molecule has 2 aliphatic heterocycles. The van der Waals surface area contributed by atoms with E-state index in [1.807, 2.05) is 30.5 Å². The molecule has 2 fully saturated rings. The van der Waals surface area contributed by atoms with Crippen LogP contribution in [0.25, 0.3) is 44.4 Å². The first-order chi connectivity index (χ1) is 24.9. The summed E-state index contributed by atoms with van der Waals surface area (Å²) >= 11 is 0. The summed E-state index contributed by atoms with van der Waals surface area (Å²) in [5.74, 6) is 4.33. The molecule has 0 amide bonds. The maximum Gasteiger partial charge on any atom is 2.00 e. The van der Waals surface area contributed by atoms with Crippen LogP contribution in [0.2, 0.25) is 0 Å². The Balaban J connectivity index is 0.00000387. The fraction of sp³-hybridized carbons (Fsp3) is 0.273. The van der Waals surface area contributed by atoms with Gasteiger partial charge in [0.05, 0.1) is 5.56 Å². The molecule has 3 aromatic heterocycles. The molecule has 0 aliphatic carbocycles. The van der Waals surface area contributed by atoms with Crippen molar-refractivity contribution >= 4 is 33.4 Å². The zero-order chi connectivity index (χ0) is 34.6. The van der Waals surface area contributed by atoms with Crippen molar-refractivity contribution < 1.29 is 25.2 Å². The van der Waals surface area contributed by atoms with Gasteiger partial charge in [0.2, 0.25) is 0 Å². The summed E-state index contributed by atoms with van der Waals surface area (Å²) in [5, 5.41) is 7.71. The zero-order valence-corrected chi connectivity index (χ0v) is 31.7. The summed E-state index contributed by atoms with van der Waals surface area (Å²) in [6, 6.07) is 34.6. The van der Waals surface area contributed by atoms with Crippen LogP contribution in [-0.4, -0.2) is 45.5 Å². The number of anilines is 2. The van der Waals surface area contributed by atoms with Crippen molar-refractivity contribution in [2.75, 3.05) is 36.0 Å². The Hall–Kier alpha value is -4.90. The van der Waals surface area contributed by atoms with E-state index >= 15 is 0 Å². The number of nitrogens with zero attached hydrogens (tertiary/aromatic N) is 6. The number of hydrogen-bond donors (Lipinski definition) is 0. The maximum atomic E-state index is 6.59. The molecule has 5 heterocycles. The van der Waals surface area contributed by atoms with Crippen LogP contribution >= 0.6 is 0 Å². The third-order valence-corrected chi connectivity index (χ3v) is 10.5. The van der Waals surface area contributed by atoms with Crippen molar-refractivity contribution in [3.63, 3.8) is 0 Å². The molecule has 0 saturated carbocycles. The molecule has 0 N–H and O–H groups in total. The Kier molecular flexibility index (Phi) is 9.15. The Morgan fingerprint density at radius 2 is 1.37 bits per heavy atom. The molecule has 7 nitrogen and oxygen atoms in total. The van der Waals surface area contributed by atoms with Gasteiger partial charge in [0, 0.05) is 49.4 Å². The van der Waals surface area contributed by atoms with Crippen LogP contribution in [0.4, 0.5) is 11.6 Å². The molecule has 2 aliphatic rings. The molecule has 7 aromatic rings. The summed E-state index contributed by atoms with van der Waals surface area (Å²) < 4.78 is 10.9. The Morgan fingerprint density at radius 3 is 2.12 bits per heavy atom. The van der Waals surface area contributed by atoms with Gasteiger partial charge in [-0.1, -0.05) is 41.4 Å². The number of para-hydroxylation sites is 1. The maximum absolute atomic E-state index is 6.59. The molecule has 2 saturated heterocycles. The van der Waals surface area contributed by atoms with Gasteiger partial charge in [-0.25, -0.2) is 9.67 Å². The number of pyridine rings is 1. The standard InChI is InChI=1S/C44H42N6O.Pd/c1-29-18-19-45-40(26-29)49-38-15-6-5-14-36(38)37-17-16-35(28-39(37)49)51-34-13-11-12-33(27-34)50-44(48-22-9-10-23-48)42(43(46-50)47-20-7-8-21-47)41-31(3)24-30(2)25-32(41)4;/h5-6,11-19,24-26H,7-10,20-23H2,1-4H3;/q-2;+2. The van der Waals surface area contributed by atoms with Gasteiger partial charge in [0.1, 0.15) is 11.6 Å². The Morgan fingerprint density at radius 1 is 0.654 bits per heavy atom. The molecule has 0 unspecified atom stereocenters. The fourth-order valence-electron chi connectivity index (χ4n) is 8.29. The van der Waals surface area contributed by atoms with Gasteiger partial charge in [-0.2, -0.15) is 12.1 Å². The minimum Gasteiger partial charge on any atom is -0.509 e. The van der Waals surface area contributed by atoms with Gasteiger partial charge in [0.15, 0.2) is 5.82 Å². The van der Waals surface area contributed by atoms with Crippen LogP contribution in [0.1, 0.15) is 47.9 Å². The number of benzene rings is 4. The van der Waals surface area contributed by atoms with Gasteiger partial charge in [-0.15, -0.1) is 40.8 Å². The predicted octanol–water partition coefficient (Wildman–Crippen LogP) is 9.86. The number of aryl methyl sites for hydroxylation is 4. The quantitative estimate of drug-likeness (QED) is 0.119. The molecule has 264 valence electrons. The summed E-state index contributed by atoms with van der Waals surface area (Å²) in [6.07, 6.45) is 6.59. The molecule has 9 rings (SSSR count). The van der Waals surface area contributed by atoms with Crippen molar-refractivity contribution in [1.29, 1.82) is 0 Å². The normalized spacial score (nSPS) is 14.5. The third-order valence-electron chi connectivity index (χ3n) is 10.5. The van der Waals surface area contributed by atoms with Crippen molar-refractivity contribution in [2.45, 2.75) is 53.4 Å².